The molecule has 2 aromatic carbocycles. The van der Waals surface area contributed by atoms with Gasteiger partial charge in [0.1, 0.15) is 0 Å². The third-order valence-electron chi connectivity index (χ3n) is 4.46. The van der Waals surface area contributed by atoms with E-state index in [1.165, 1.54) is 16.0 Å². The lowest BCUT2D eigenvalue weighted by Gasteiger charge is -2.34. The standard InChI is InChI=1S/C19H20F3N3O/c1-13-2-4-14(5-3-13)12-24-8-10-25(11-9-24)19(26)23-16-7-6-15(20)17(21)18(16)22/h2-7H,8-12H2,1H3,(H,23,26). The number of halogens is 3. The number of amides is 2. The summed E-state index contributed by atoms with van der Waals surface area (Å²) in [6.07, 6.45) is 0. The summed E-state index contributed by atoms with van der Waals surface area (Å²) >= 11 is 0. The Morgan fingerprint density at radius 1 is 0.962 bits per heavy atom. The molecule has 0 spiro atoms. The Hall–Kier alpha value is -2.54. The van der Waals surface area contributed by atoms with E-state index < -0.39 is 23.5 Å². The van der Waals surface area contributed by atoms with Crippen LogP contribution in [-0.4, -0.2) is 42.0 Å². The van der Waals surface area contributed by atoms with Gasteiger partial charge in [-0.2, -0.15) is 0 Å². The van der Waals surface area contributed by atoms with E-state index >= 15 is 0 Å². The number of urea groups is 1. The molecule has 138 valence electrons. The van der Waals surface area contributed by atoms with Crippen molar-refractivity contribution in [2.24, 2.45) is 0 Å². The molecular formula is C19H20F3N3O. The molecule has 0 unspecified atom stereocenters. The third-order valence-corrected chi connectivity index (χ3v) is 4.46. The maximum absolute atomic E-state index is 13.7. The maximum atomic E-state index is 13.7. The summed E-state index contributed by atoms with van der Waals surface area (Å²) in [7, 11) is 0. The molecule has 0 atom stereocenters. The van der Waals surface area contributed by atoms with Crippen LogP contribution in [-0.2, 0) is 6.54 Å². The average molecular weight is 363 g/mol. The summed E-state index contributed by atoms with van der Waals surface area (Å²) in [5.74, 6) is -4.27. The molecule has 1 fully saturated rings. The molecule has 26 heavy (non-hydrogen) atoms. The first-order valence-corrected chi connectivity index (χ1v) is 8.41. The van der Waals surface area contributed by atoms with Gasteiger partial charge in [-0.25, -0.2) is 18.0 Å². The van der Waals surface area contributed by atoms with Crippen molar-refractivity contribution in [1.82, 2.24) is 9.80 Å². The van der Waals surface area contributed by atoms with Gasteiger partial charge < -0.3 is 10.2 Å². The van der Waals surface area contributed by atoms with E-state index in [0.29, 0.717) is 26.2 Å². The smallest absolute Gasteiger partial charge is 0.322 e. The third kappa shape index (κ3) is 4.16. The van der Waals surface area contributed by atoms with Crippen LogP contribution in [0.4, 0.5) is 23.7 Å². The van der Waals surface area contributed by atoms with Crippen LogP contribution in [0.15, 0.2) is 36.4 Å². The molecule has 1 aliphatic heterocycles. The minimum atomic E-state index is -1.59. The first-order valence-electron chi connectivity index (χ1n) is 8.41. The van der Waals surface area contributed by atoms with E-state index in [1.54, 1.807) is 0 Å². The van der Waals surface area contributed by atoms with Crippen LogP contribution in [0.3, 0.4) is 0 Å². The van der Waals surface area contributed by atoms with Gasteiger partial charge >= 0.3 is 6.03 Å². The van der Waals surface area contributed by atoms with E-state index in [0.717, 1.165) is 18.7 Å². The molecule has 3 rings (SSSR count). The Morgan fingerprint density at radius 3 is 2.27 bits per heavy atom. The molecule has 2 aromatic rings. The molecule has 0 aliphatic carbocycles. The van der Waals surface area contributed by atoms with Crippen molar-refractivity contribution in [3.05, 3.63) is 65.0 Å². The van der Waals surface area contributed by atoms with Gasteiger partial charge in [0.25, 0.3) is 0 Å². The van der Waals surface area contributed by atoms with Crippen molar-refractivity contribution >= 4 is 11.7 Å². The SMILES string of the molecule is Cc1ccc(CN2CCN(C(=O)Nc3ccc(F)c(F)c3F)CC2)cc1. The number of hydrogen-bond donors (Lipinski definition) is 1. The fourth-order valence-electron chi connectivity index (χ4n) is 2.88. The number of benzene rings is 2. The summed E-state index contributed by atoms with van der Waals surface area (Å²) in [6, 6.07) is 9.57. The Kier molecular flexibility index (Phi) is 5.46. The lowest BCUT2D eigenvalue weighted by molar-refractivity contribution is 0.143. The Labute approximate surface area is 150 Å². The number of carbonyl (C=O) groups excluding carboxylic acids is 1. The summed E-state index contributed by atoms with van der Waals surface area (Å²) in [5, 5.41) is 2.31. The monoisotopic (exact) mass is 363 g/mol. The van der Waals surface area contributed by atoms with Crippen LogP contribution < -0.4 is 5.32 Å². The van der Waals surface area contributed by atoms with Crippen molar-refractivity contribution in [1.29, 1.82) is 0 Å². The molecule has 1 N–H and O–H groups in total. The zero-order valence-electron chi connectivity index (χ0n) is 14.4. The highest BCUT2D eigenvalue weighted by atomic mass is 19.2. The average Bonchev–Trinajstić information content (AvgIpc) is 2.64. The maximum Gasteiger partial charge on any atom is 0.322 e. The van der Waals surface area contributed by atoms with Gasteiger partial charge in [0, 0.05) is 32.7 Å². The van der Waals surface area contributed by atoms with Gasteiger partial charge in [-0.15, -0.1) is 0 Å². The quantitative estimate of drug-likeness (QED) is 0.843. The minimum absolute atomic E-state index is 0.365. The molecule has 1 saturated heterocycles. The van der Waals surface area contributed by atoms with Crippen molar-refractivity contribution in [3.63, 3.8) is 0 Å². The van der Waals surface area contributed by atoms with Crippen LogP contribution in [0, 0.1) is 24.4 Å². The predicted octanol–water partition coefficient (Wildman–Crippen LogP) is 3.76. The van der Waals surface area contributed by atoms with Gasteiger partial charge in [-0.1, -0.05) is 29.8 Å². The number of aryl methyl sites for hydroxylation is 1. The largest absolute Gasteiger partial charge is 0.322 e. The molecule has 0 bridgehead atoms. The number of rotatable bonds is 3. The Balaban J connectivity index is 1.53. The van der Waals surface area contributed by atoms with Crippen molar-refractivity contribution in [3.8, 4) is 0 Å². The van der Waals surface area contributed by atoms with Crippen LogP contribution in [0.25, 0.3) is 0 Å². The van der Waals surface area contributed by atoms with Gasteiger partial charge in [0.2, 0.25) is 0 Å². The van der Waals surface area contributed by atoms with Gasteiger partial charge in [-0.05, 0) is 24.6 Å². The summed E-state index contributed by atoms with van der Waals surface area (Å²) in [6.45, 7) is 5.15. The van der Waals surface area contributed by atoms with E-state index in [2.05, 4.69) is 34.5 Å². The first kappa shape index (κ1) is 18.3. The van der Waals surface area contributed by atoms with E-state index in [1.807, 2.05) is 6.92 Å². The van der Waals surface area contributed by atoms with Crippen LogP contribution in [0.5, 0.6) is 0 Å². The topological polar surface area (TPSA) is 35.6 Å². The Morgan fingerprint density at radius 2 is 1.62 bits per heavy atom. The number of carbonyl (C=O) groups is 1. The highest BCUT2D eigenvalue weighted by Crippen LogP contribution is 2.20. The molecular weight excluding hydrogens is 343 g/mol. The fraction of sp³-hybridized carbons (Fsp3) is 0.316. The number of nitrogens with zero attached hydrogens (tertiary/aromatic N) is 2. The second kappa shape index (κ2) is 7.78. The first-order chi connectivity index (χ1) is 12.4. The predicted molar refractivity (Wildman–Crippen MR) is 93.4 cm³/mol. The van der Waals surface area contributed by atoms with Crippen LogP contribution >= 0.6 is 0 Å². The van der Waals surface area contributed by atoms with E-state index in [9.17, 15) is 18.0 Å². The normalized spacial score (nSPS) is 15.2. The minimum Gasteiger partial charge on any atom is -0.322 e. The van der Waals surface area contributed by atoms with Crippen molar-refractivity contribution < 1.29 is 18.0 Å². The summed E-state index contributed by atoms with van der Waals surface area (Å²) in [5.41, 5.74) is 2.05. The molecule has 7 heteroatoms. The molecule has 0 aromatic heterocycles. The number of piperazine rings is 1. The summed E-state index contributed by atoms with van der Waals surface area (Å²) in [4.78, 5) is 16.0. The zero-order chi connectivity index (χ0) is 18.7. The van der Waals surface area contributed by atoms with Crippen molar-refractivity contribution in [2.75, 3.05) is 31.5 Å². The summed E-state index contributed by atoms with van der Waals surface area (Å²) < 4.78 is 39.9. The second-order valence-electron chi connectivity index (χ2n) is 6.40. The number of nitrogens with one attached hydrogen (secondary N) is 1. The molecule has 0 saturated carbocycles. The molecule has 1 heterocycles. The number of hydrogen-bond acceptors (Lipinski definition) is 2. The molecule has 4 nitrogen and oxygen atoms in total. The molecule has 1 aliphatic rings. The van der Waals surface area contributed by atoms with Gasteiger partial charge in [0.15, 0.2) is 17.5 Å². The lowest BCUT2D eigenvalue weighted by atomic mass is 10.1. The fourth-order valence-corrected chi connectivity index (χ4v) is 2.88. The molecule has 0 radical (unpaired) electrons. The second-order valence-corrected chi connectivity index (χ2v) is 6.40. The van der Waals surface area contributed by atoms with E-state index in [-0.39, 0.29) is 5.69 Å². The number of anilines is 1. The Bertz CT molecular complexity index is 787. The molecule has 2 amide bonds. The van der Waals surface area contributed by atoms with Crippen molar-refractivity contribution in [2.45, 2.75) is 13.5 Å². The zero-order valence-corrected chi connectivity index (χ0v) is 14.4. The lowest BCUT2D eigenvalue weighted by Crippen LogP contribution is -2.49. The van der Waals surface area contributed by atoms with Gasteiger partial charge in [-0.3, -0.25) is 4.90 Å². The van der Waals surface area contributed by atoms with Crippen LogP contribution in [0.2, 0.25) is 0 Å². The highest BCUT2D eigenvalue weighted by molar-refractivity contribution is 5.89. The van der Waals surface area contributed by atoms with Gasteiger partial charge in [0.05, 0.1) is 5.69 Å². The van der Waals surface area contributed by atoms with E-state index in [4.69, 9.17) is 0 Å². The highest BCUT2D eigenvalue weighted by Gasteiger charge is 2.23. The van der Waals surface area contributed by atoms with Crippen LogP contribution in [0.1, 0.15) is 11.1 Å².